The summed E-state index contributed by atoms with van der Waals surface area (Å²) in [6.07, 6.45) is -8.84. The van der Waals surface area contributed by atoms with Gasteiger partial charge in [-0.25, -0.2) is 13.4 Å². The summed E-state index contributed by atoms with van der Waals surface area (Å²) in [5, 5.41) is 2.63. The summed E-state index contributed by atoms with van der Waals surface area (Å²) in [5.41, 5.74) is 0.538. The molecule has 210 valence electrons. The van der Waals surface area contributed by atoms with Crippen molar-refractivity contribution in [1.29, 1.82) is 0 Å². The molecule has 4 aromatic rings. The van der Waals surface area contributed by atoms with Crippen LogP contribution in [0.3, 0.4) is 0 Å². The monoisotopic (exact) mass is 581 g/mol. The molecule has 1 amide bonds. The van der Waals surface area contributed by atoms with E-state index in [1.54, 1.807) is 12.1 Å². The number of carbonyl (C=O) groups is 1. The van der Waals surface area contributed by atoms with Gasteiger partial charge in [0, 0.05) is 17.7 Å². The molecule has 8 nitrogen and oxygen atoms in total. The molecule has 5 rings (SSSR count). The van der Waals surface area contributed by atoms with E-state index in [1.165, 1.54) is 55.5 Å². The Kier molecular flexibility index (Phi) is 6.68. The molecule has 40 heavy (non-hydrogen) atoms. The van der Waals surface area contributed by atoms with Gasteiger partial charge in [0.1, 0.15) is 0 Å². The molecule has 3 aromatic carbocycles. The highest BCUT2D eigenvalue weighted by Gasteiger charge is 2.45. The number of benzene rings is 3. The minimum Gasteiger partial charge on any atom is -0.395 e. The van der Waals surface area contributed by atoms with E-state index in [4.69, 9.17) is 0 Å². The number of halogens is 5. The van der Waals surface area contributed by atoms with Crippen LogP contribution in [0.15, 0.2) is 65.6 Å². The highest BCUT2D eigenvalue weighted by atomic mass is 32.2. The second kappa shape index (κ2) is 9.77. The van der Waals surface area contributed by atoms with Crippen LogP contribution in [0.5, 0.6) is 11.5 Å². The minimum absolute atomic E-state index is 0.0130. The number of nitrogens with zero attached hydrogens (tertiary/aromatic N) is 2. The van der Waals surface area contributed by atoms with E-state index >= 15 is 0 Å². The number of para-hydroxylation sites is 1. The molecular weight excluding hydrogens is 561 g/mol. The molecule has 0 aliphatic carbocycles. The first kappa shape index (κ1) is 27.4. The van der Waals surface area contributed by atoms with E-state index in [0.29, 0.717) is 5.56 Å². The van der Waals surface area contributed by atoms with Crippen molar-refractivity contribution >= 4 is 26.8 Å². The van der Waals surface area contributed by atoms with Gasteiger partial charge >= 0.3 is 12.5 Å². The fraction of sp³-hybridized carbons (Fsp3) is 0.231. The van der Waals surface area contributed by atoms with Crippen molar-refractivity contribution in [2.24, 2.45) is 0 Å². The SMILES string of the molecule is CCS(=O)(=O)c1ccc(CNC(=O)c2ccc3c(c2)nc(C(F)(F)F)n3Cc2cccc3c2OC(F)(F)O3)cc1. The largest absolute Gasteiger partial charge is 0.586 e. The third-order valence-corrected chi connectivity index (χ3v) is 7.97. The van der Waals surface area contributed by atoms with Crippen LogP contribution in [-0.4, -0.2) is 35.9 Å². The first-order chi connectivity index (χ1) is 18.8. The van der Waals surface area contributed by atoms with Crippen LogP contribution < -0.4 is 14.8 Å². The highest BCUT2D eigenvalue weighted by molar-refractivity contribution is 7.91. The molecule has 0 radical (unpaired) electrons. The van der Waals surface area contributed by atoms with E-state index in [-0.39, 0.29) is 50.9 Å². The van der Waals surface area contributed by atoms with Gasteiger partial charge in [0.25, 0.3) is 5.91 Å². The predicted molar refractivity (Wildman–Crippen MR) is 132 cm³/mol. The molecule has 0 saturated carbocycles. The number of hydrogen-bond acceptors (Lipinski definition) is 6. The van der Waals surface area contributed by atoms with Gasteiger partial charge in [-0.2, -0.15) is 13.2 Å². The fourth-order valence-electron chi connectivity index (χ4n) is 4.23. The average Bonchev–Trinajstić information content (AvgIpc) is 3.43. The van der Waals surface area contributed by atoms with Gasteiger partial charge in [-0.05, 0) is 42.0 Å². The molecule has 0 fully saturated rings. The number of carbonyl (C=O) groups excluding carboxylic acids is 1. The Morgan fingerprint density at radius 1 is 1.05 bits per heavy atom. The smallest absolute Gasteiger partial charge is 0.395 e. The number of imidazole rings is 1. The molecule has 1 N–H and O–H groups in total. The molecule has 0 saturated heterocycles. The number of aromatic nitrogens is 2. The third kappa shape index (κ3) is 5.30. The van der Waals surface area contributed by atoms with E-state index < -0.39 is 40.6 Å². The lowest BCUT2D eigenvalue weighted by Gasteiger charge is -2.13. The maximum Gasteiger partial charge on any atom is 0.586 e. The maximum absolute atomic E-state index is 13.9. The Morgan fingerprint density at radius 2 is 1.77 bits per heavy atom. The van der Waals surface area contributed by atoms with Crippen molar-refractivity contribution in [1.82, 2.24) is 14.9 Å². The fourth-order valence-corrected chi connectivity index (χ4v) is 5.12. The van der Waals surface area contributed by atoms with Gasteiger partial charge in [-0.1, -0.05) is 31.2 Å². The van der Waals surface area contributed by atoms with Gasteiger partial charge in [-0.15, -0.1) is 8.78 Å². The standard InChI is InChI=1S/C26H20F5N3O5S/c1-2-40(36,37)18-9-6-15(7-10-18)13-32-23(35)16-8-11-20-19(12-16)33-24(25(27,28)29)34(20)14-17-4-3-5-21-22(17)39-26(30,31)38-21/h3-12H,2,13-14H2,1H3,(H,32,35). The van der Waals surface area contributed by atoms with E-state index in [1.807, 2.05) is 0 Å². The molecule has 2 heterocycles. The van der Waals surface area contributed by atoms with Crippen LogP contribution >= 0.6 is 0 Å². The van der Waals surface area contributed by atoms with Crippen LogP contribution in [0, 0.1) is 0 Å². The number of rotatable bonds is 7. The molecule has 0 atom stereocenters. The Bertz CT molecular complexity index is 1720. The number of ether oxygens (including phenoxy) is 2. The number of alkyl halides is 5. The number of fused-ring (bicyclic) bond motifs is 2. The van der Waals surface area contributed by atoms with Gasteiger partial charge in [-0.3, -0.25) is 4.79 Å². The van der Waals surface area contributed by atoms with Crippen molar-refractivity contribution < 1.29 is 44.6 Å². The lowest BCUT2D eigenvalue weighted by molar-refractivity contribution is -0.287. The molecule has 1 aliphatic heterocycles. The predicted octanol–water partition coefficient (Wildman–Crippen LogP) is 5.15. The number of hydrogen-bond donors (Lipinski definition) is 1. The van der Waals surface area contributed by atoms with Gasteiger partial charge < -0.3 is 19.4 Å². The summed E-state index contributed by atoms with van der Waals surface area (Å²) in [6.45, 7) is 1.06. The zero-order valence-electron chi connectivity index (χ0n) is 20.6. The van der Waals surface area contributed by atoms with Crippen molar-refractivity contribution in [3.8, 4) is 11.5 Å². The van der Waals surface area contributed by atoms with Gasteiger partial charge in [0.2, 0.25) is 5.82 Å². The third-order valence-electron chi connectivity index (χ3n) is 6.22. The summed E-state index contributed by atoms with van der Waals surface area (Å²) >= 11 is 0. The summed E-state index contributed by atoms with van der Waals surface area (Å²) in [4.78, 5) is 16.6. The zero-order valence-corrected chi connectivity index (χ0v) is 21.4. The normalized spacial score (nSPS) is 14.4. The molecule has 1 aliphatic rings. The van der Waals surface area contributed by atoms with Crippen LogP contribution in [0.4, 0.5) is 22.0 Å². The Balaban J connectivity index is 1.40. The zero-order chi connectivity index (χ0) is 28.9. The summed E-state index contributed by atoms with van der Waals surface area (Å²) in [6, 6.07) is 13.6. The lowest BCUT2D eigenvalue weighted by Crippen LogP contribution is -2.26. The molecular formula is C26H20F5N3O5S. The topological polar surface area (TPSA) is 99.5 Å². The highest BCUT2D eigenvalue weighted by Crippen LogP contribution is 2.44. The van der Waals surface area contributed by atoms with Crippen LogP contribution in [0.2, 0.25) is 0 Å². The molecule has 14 heteroatoms. The van der Waals surface area contributed by atoms with E-state index in [2.05, 4.69) is 19.8 Å². The molecule has 0 unspecified atom stereocenters. The quantitative estimate of drug-likeness (QED) is 0.303. The maximum atomic E-state index is 13.9. The first-order valence-electron chi connectivity index (χ1n) is 11.8. The minimum atomic E-state index is -4.89. The Morgan fingerprint density at radius 3 is 2.45 bits per heavy atom. The lowest BCUT2D eigenvalue weighted by atomic mass is 10.1. The van der Waals surface area contributed by atoms with E-state index in [0.717, 1.165) is 4.57 Å². The first-order valence-corrected chi connectivity index (χ1v) is 13.5. The van der Waals surface area contributed by atoms with Gasteiger partial charge in [0.05, 0.1) is 28.2 Å². The Labute approximate surface area is 224 Å². The van der Waals surface area contributed by atoms with Gasteiger partial charge in [0.15, 0.2) is 21.3 Å². The van der Waals surface area contributed by atoms with Crippen molar-refractivity contribution in [2.75, 3.05) is 5.75 Å². The van der Waals surface area contributed by atoms with Crippen LogP contribution in [0.25, 0.3) is 11.0 Å². The summed E-state index contributed by atoms with van der Waals surface area (Å²) in [5.74, 6) is -2.61. The van der Waals surface area contributed by atoms with Crippen LogP contribution in [0.1, 0.15) is 34.2 Å². The summed E-state index contributed by atoms with van der Waals surface area (Å²) < 4.78 is 102. The summed E-state index contributed by atoms with van der Waals surface area (Å²) in [7, 11) is -3.37. The second-order valence-electron chi connectivity index (χ2n) is 8.86. The number of amides is 1. The Hall–Kier alpha value is -4.20. The van der Waals surface area contributed by atoms with Crippen molar-refractivity contribution in [3.05, 3.63) is 83.2 Å². The van der Waals surface area contributed by atoms with Crippen molar-refractivity contribution in [2.45, 2.75) is 37.4 Å². The van der Waals surface area contributed by atoms with Crippen molar-refractivity contribution in [3.63, 3.8) is 0 Å². The average molecular weight is 582 g/mol. The number of sulfone groups is 1. The molecule has 1 aromatic heterocycles. The molecule has 0 bridgehead atoms. The second-order valence-corrected chi connectivity index (χ2v) is 11.1. The molecule has 0 spiro atoms. The van der Waals surface area contributed by atoms with Crippen LogP contribution in [-0.2, 0) is 29.1 Å². The number of nitrogens with one attached hydrogen (secondary N) is 1. The van der Waals surface area contributed by atoms with E-state index in [9.17, 15) is 35.2 Å².